The van der Waals surface area contributed by atoms with Crippen LogP contribution in [0.15, 0.2) is 12.7 Å². The molecule has 1 amide bonds. The summed E-state index contributed by atoms with van der Waals surface area (Å²) < 4.78 is 18.2. The summed E-state index contributed by atoms with van der Waals surface area (Å²) in [5.74, 6) is -1.96. The number of aliphatic hydroxyl groups is 2. The number of rotatable bonds is 4. The Morgan fingerprint density at radius 1 is 1.08 bits per heavy atom. The molecule has 8 atom stereocenters. The number of Topliss-reactive ketones (excluding diaryl/α,β-unsaturated/α-hetero) is 1. The number of alkyl carbamates (subject to hydrolysis) is 1. The zero-order valence-corrected chi connectivity index (χ0v) is 23.7. The van der Waals surface area contributed by atoms with E-state index in [0.717, 1.165) is 32.1 Å². The highest BCUT2D eigenvalue weighted by Gasteiger charge is 2.82. The van der Waals surface area contributed by atoms with Crippen LogP contribution in [0, 0.1) is 16.7 Å². The third-order valence-electron chi connectivity index (χ3n) is 10.2. The van der Waals surface area contributed by atoms with E-state index in [1.807, 2.05) is 13.8 Å². The van der Waals surface area contributed by atoms with Gasteiger partial charge in [-0.25, -0.2) is 4.79 Å². The van der Waals surface area contributed by atoms with Gasteiger partial charge in [0.1, 0.15) is 11.7 Å². The molecule has 0 aromatic carbocycles. The van der Waals surface area contributed by atoms with Crippen LogP contribution in [-0.2, 0) is 23.8 Å². The van der Waals surface area contributed by atoms with Gasteiger partial charge in [0.15, 0.2) is 17.5 Å². The minimum Gasteiger partial charge on any atom is -0.457 e. The second-order valence-electron chi connectivity index (χ2n) is 13.2. The van der Waals surface area contributed by atoms with Crippen LogP contribution in [0.25, 0.3) is 0 Å². The Kier molecular flexibility index (Phi) is 7.33. The Balaban J connectivity index is 1.83. The molecular weight excluding hydrogens is 490 g/mol. The molecule has 9 heteroatoms. The molecule has 38 heavy (non-hydrogen) atoms. The molecule has 0 radical (unpaired) electrons. The number of carbonyl (C=O) groups is 3. The maximum Gasteiger partial charge on any atom is 0.407 e. The first-order chi connectivity index (χ1) is 17.6. The van der Waals surface area contributed by atoms with E-state index in [4.69, 9.17) is 14.2 Å². The lowest BCUT2D eigenvalue weighted by Crippen LogP contribution is -2.87. The molecule has 3 aliphatic carbocycles. The third kappa shape index (κ3) is 4.20. The van der Waals surface area contributed by atoms with Crippen LogP contribution < -0.4 is 5.32 Å². The standard InChI is InChI=1S/C29H45NO8/c1-8-26(5)16-19(32)29(35)27(6)20(37-24(34)30-18-12-10-9-11-13-18)14-15-25(3,4)22(27)21(33)23(36-17(2)31)28(29,7)38-26/h8,18,20-23,33,35H,1,9-16H2,2-7H3,(H,30,34)/t20-,21-,22-,23-,26-,27-,28+,29-/m0/s1. The molecule has 0 unspecified atom stereocenters. The zero-order valence-electron chi connectivity index (χ0n) is 23.7. The lowest BCUT2D eigenvalue weighted by molar-refractivity contribution is -0.370. The zero-order chi connectivity index (χ0) is 28.3. The van der Waals surface area contributed by atoms with Crippen molar-refractivity contribution in [2.45, 2.75) is 134 Å². The smallest absolute Gasteiger partial charge is 0.407 e. The second-order valence-corrected chi connectivity index (χ2v) is 13.2. The number of aliphatic hydroxyl groups excluding tert-OH is 1. The van der Waals surface area contributed by atoms with Crippen LogP contribution in [0.2, 0.25) is 0 Å². The number of ketones is 1. The summed E-state index contributed by atoms with van der Waals surface area (Å²) in [6.07, 6.45) is 3.08. The van der Waals surface area contributed by atoms with Crippen molar-refractivity contribution in [3.8, 4) is 0 Å². The van der Waals surface area contributed by atoms with Crippen molar-refractivity contribution >= 4 is 17.8 Å². The van der Waals surface area contributed by atoms with Crippen molar-refractivity contribution in [2.24, 2.45) is 16.7 Å². The minimum atomic E-state index is -2.25. The lowest BCUT2D eigenvalue weighted by Gasteiger charge is -2.71. The molecule has 3 saturated carbocycles. The number of amides is 1. The van der Waals surface area contributed by atoms with Gasteiger partial charge in [-0.1, -0.05) is 46.1 Å². The minimum absolute atomic E-state index is 0.0199. The summed E-state index contributed by atoms with van der Waals surface area (Å²) in [5.41, 5.74) is -7.32. The topological polar surface area (TPSA) is 131 Å². The fourth-order valence-electron chi connectivity index (χ4n) is 8.40. The van der Waals surface area contributed by atoms with Crippen LogP contribution >= 0.6 is 0 Å². The SMILES string of the molecule is C=C[C@@]1(C)CC(=O)[C@]2(O)[C@@]3(C)[C@@H](OC(=O)NC4CCCCC4)CCC(C)(C)[C@@H]3[C@H](O)[C@H](OC(C)=O)[C@@]2(C)O1. The fraction of sp³-hybridized carbons (Fsp3) is 0.828. The monoisotopic (exact) mass is 535 g/mol. The molecule has 0 bridgehead atoms. The molecule has 9 nitrogen and oxygen atoms in total. The molecule has 3 N–H and O–H groups in total. The number of hydrogen-bond acceptors (Lipinski definition) is 8. The Morgan fingerprint density at radius 2 is 1.71 bits per heavy atom. The van der Waals surface area contributed by atoms with Crippen molar-refractivity contribution < 1.29 is 38.8 Å². The van der Waals surface area contributed by atoms with Gasteiger partial charge in [0.2, 0.25) is 0 Å². The van der Waals surface area contributed by atoms with Gasteiger partial charge in [-0.2, -0.15) is 0 Å². The summed E-state index contributed by atoms with van der Waals surface area (Å²) in [6.45, 7) is 13.8. The number of esters is 1. The van der Waals surface area contributed by atoms with E-state index in [1.54, 1.807) is 13.8 Å². The van der Waals surface area contributed by atoms with Gasteiger partial charge in [-0.3, -0.25) is 9.59 Å². The number of hydrogen-bond donors (Lipinski definition) is 3. The molecule has 1 saturated heterocycles. The Labute approximate surface area is 225 Å². The number of carbonyl (C=O) groups excluding carboxylic acids is 3. The van der Waals surface area contributed by atoms with Crippen molar-refractivity contribution in [1.82, 2.24) is 5.32 Å². The Bertz CT molecular complexity index is 991. The van der Waals surface area contributed by atoms with Crippen molar-refractivity contribution in [3.05, 3.63) is 12.7 Å². The quantitative estimate of drug-likeness (QED) is 0.368. The second kappa shape index (κ2) is 9.59. The molecule has 0 aromatic rings. The van der Waals surface area contributed by atoms with Gasteiger partial charge >= 0.3 is 12.1 Å². The van der Waals surface area contributed by atoms with Crippen LogP contribution in [0.5, 0.6) is 0 Å². The van der Waals surface area contributed by atoms with Gasteiger partial charge in [0.25, 0.3) is 0 Å². The van der Waals surface area contributed by atoms with E-state index in [2.05, 4.69) is 11.9 Å². The summed E-state index contributed by atoms with van der Waals surface area (Å²) in [6, 6.07) is 0.0199. The van der Waals surface area contributed by atoms with E-state index in [0.29, 0.717) is 12.8 Å². The molecule has 0 spiro atoms. The van der Waals surface area contributed by atoms with Crippen molar-refractivity contribution in [2.75, 3.05) is 0 Å². The number of ether oxygens (including phenoxy) is 3. The Hall–Kier alpha value is -1.97. The highest BCUT2D eigenvalue weighted by molar-refractivity contribution is 5.92. The molecule has 4 fully saturated rings. The highest BCUT2D eigenvalue weighted by Crippen LogP contribution is 2.67. The first-order valence-corrected chi connectivity index (χ1v) is 14.0. The normalized spacial score (nSPS) is 44.8. The van der Waals surface area contributed by atoms with E-state index >= 15 is 0 Å². The maximum atomic E-state index is 14.1. The fourth-order valence-corrected chi connectivity index (χ4v) is 8.40. The highest BCUT2D eigenvalue weighted by atomic mass is 16.6. The maximum absolute atomic E-state index is 14.1. The average molecular weight is 536 g/mol. The summed E-state index contributed by atoms with van der Waals surface area (Å²) in [7, 11) is 0. The summed E-state index contributed by atoms with van der Waals surface area (Å²) >= 11 is 0. The van der Waals surface area contributed by atoms with Gasteiger partial charge in [-0.15, -0.1) is 6.58 Å². The van der Waals surface area contributed by atoms with E-state index in [-0.39, 0.29) is 12.5 Å². The predicted octanol–water partition coefficient (Wildman–Crippen LogP) is 3.59. The average Bonchev–Trinajstić information content (AvgIpc) is 2.82. The first kappa shape index (κ1) is 29.0. The molecule has 4 aliphatic rings. The third-order valence-corrected chi connectivity index (χ3v) is 10.2. The lowest BCUT2D eigenvalue weighted by atomic mass is 9.39. The van der Waals surface area contributed by atoms with Crippen molar-refractivity contribution in [1.29, 1.82) is 0 Å². The van der Waals surface area contributed by atoms with E-state index < -0.39 is 69.7 Å². The van der Waals surface area contributed by atoms with Crippen LogP contribution in [0.3, 0.4) is 0 Å². The number of fused-ring (bicyclic) bond motifs is 3. The van der Waals surface area contributed by atoms with E-state index in [9.17, 15) is 24.6 Å². The summed E-state index contributed by atoms with van der Waals surface area (Å²) in [5, 5.41) is 27.6. The molecule has 0 aromatic heterocycles. The van der Waals surface area contributed by atoms with Crippen LogP contribution in [-0.4, -0.2) is 69.2 Å². The molecule has 1 aliphatic heterocycles. The predicted molar refractivity (Wildman–Crippen MR) is 139 cm³/mol. The van der Waals surface area contributed by atoms with E-state index in [1.165, 1.54) is 19.9 Å². The Morgan fingerprint density at radius 3 is 2.29 bits per heavy atom. The number of nitrogens with one attached hydrogen (secondary N) is 1. The molecule has 4 rings (SSSR count). The molecule has 214 valence electrons. The first-order valence-electron chi connectivity index (χ1n) is 14.0. The van der Waals surface area contributed by atoms with Crippen molar-refractivity contribution in [3.63, 3.8) is 0 Å². The largest absolute Gasteiger partial charge is 0.457 e. The van der Waals surface area contributed by atoms with Crippen LogP contribution in [0.4, 0.5) is 4.79 Å². The summed E-state index contributed by atoms with van der Waals surface area (Å²) in [4.78, 5) is 39.5. The van der Waals surface area contributed by atoms with Crippen LogP contribution in [0.1, 0.15) is 92.9 Å². The van der Waals surface area contributed by atoms with Gasteiger partial charge < -0.3 is 29.7 Å². The molecular formula is C29H45NO8. The molecule has 1 heterocycles. The van der Waals surface area contributed by atoms with Gasteiger partial charge in [0, 0.05) is 30.7 Å². The van der Waals surface area contributed by atoms with Gasteiger partial charge in [0.05, 0.1) is 11.7 Å². The van der Waals surface area contributed by atoms with Gasteiger partial charge in [-0.05, 0) is 44.9 Å².